The number of methoxy groups -OCH3 is 1. The molecule has 144 valence electrons. The van der Waals surface area contributed by atoms with Gasteiger partial charge in [-0.25, -0.2) is 9.48 Å². The Kier molecular flexibility index (Phi) is 3.99. The van der Waals surface area contributed by atoms with Gasteiger partial charge in [0, 0.05) is 24.6 Å². The summed E-state index contributed by atoms with van der Waals surface area (Å²) in [7, 11) is 1.67. The minimum atomic E-state index is -0.310. The second kappa shape index (κ2) is 5.87. The first kappa shape index (κ1) is 17.6. The zero-order valence-corrected chi connectivity index (χ0v) is 16.1. The number of carbonyl (C=O) groups is 1. The van der Waals surface area contributed by atoms with Gasteiger partial charge < -0.3 is 20.5 Å². The SMILES string of the molecule is CO[C@@H]1C[C@H](c2cc(N)n(C(C)(C)C)n2)C[C@@H]1OC(=O)NC12CC(C1)C2. The number of hydrogen-bond donors (Lipinski definition) is 2. The van der Waals surface area contributed by atoms with Crippen LogP contribution in [-0.2, 0) is 15.0 Å². The van der Waals surface area contributed by atoms with Crippen LogP contribution in [-0.4, -0.2) is 40.7 Å². The Balaban J connectivity index is 1.41. The van der Waals surface area contributed by atoms with Crippen LogP contribution in [0.25, 0.3) is 0 Å². The average Bonchev–Trinajstić information content (AvgIpc) is 3.04. The van der Waals surface area contributed by atoms with E-state index in [4.69, 9.17) is 20.3 Å². The van der Waals surface area contributed by atoms with Gasteiger partial charge in [0.1, 0.15) is 11.9 Å². The summed E-state index contributed by atoms with van der Waals surface area (Å²) in [5.74, 6) is 1.66. The molecule has 7 heteroatoms. The lowest BCUT2D eigenvalue weighted by molar-refractivity contribution is -0.0586. The van der Waals surface area contributed by atoms with Crippen LogP contribution in [0.1, 0.15) is 64.5 Å². The Morgan fingerprint density at radius 1 is 1.31 bits per heavy atom. The summed E-state index contributed by atoms with van der Waals surface area (Å²) in [6.07, 6.45) is 4.13. The summed E-state index contributed by atoms with van der Waals surface area (Å²) < 4.78 is 13.2. The maximum absolute atomic E-state index is 12.3. The van der Waals surface area contributed by atoms with E-state index in [0.717, 1.165) is 37.3 Å². The Morgan fingerprint density at radius 2 is 1.96 bits per heavy atom. The average molecular weight is 362 g/mol. The molecule has 4 fully saturated rings. The predicted octanol–water partition coefficient (Wildman–Crippen LogP) is 2.76. The second-order valence-corrected chi connectivity index (χ2v) is 9.35. The fourth-order valence-corrected chi connectivity index (χ4v) is 4.74. The molecule has 0 radical (unpaired) electrons. The summed E-state index contributed by atoms with van der Waals surface area (Å²) in [4.78, 5) is 12.3. The molecule has 7 nitrogen and oxygen atoms in total. The number of nitrogen functional groups attached to an aromatic ring is 1. The van der Waals surface area contributed by atoms with Gasteiger partial charge in [-0.15, -0.1) is 0 Å². The van der Waals surface area contributed by atoms with Crippen LogP contribution in [0.4, 0.5) is 10.6 Å². The number of anilines is 1. The zero-order valence-electron chi connectivity index (χ0n) is 16.1. The molecule has 2 bridgehead atoms. The third-order valence-corrected chi connectivity index (χ3v) is 6.22. The molecule has 0 unspecified atom stereocenters. The van der Waals surface area contributed by atoms with Gasteiger partial charge in [0.15, 0.2) is 0 Å². The van der Waals surface area contributed by atoms with Crippen LogP contribution in [0.15, 0.2) is 6.07 Å². The van der Waals surface area contributed by atoms with E-state index in [9.17, 15) is 4.79 Å². The quantitative estimate of drug-likeness (QED) is 0.859. The molecule has 5 rings (SSSR count). The van der Waals surface area contributed by atoms with E-state index >= 15 is 0 Å². The number of aromatic nitrogens is 2. The van der Waals surface area contributed by atoms with Crippen LogP contribution in [0.3, 0.4) is 0 Å². The summed E-state index contributed by atoms with van der Waals surface area (Å²) in [6.45, 7) is 6.23. The Bertz CT molecular complexity index is 691. The zero-order chi connectivity index (χ0) is 18.7. The van der Waals surface area contributed by atoms with E-state index < -0.39 is 0 Å². The van der Waals surface area contributed by atoms with Crippen molar-refractivity contribution in [2.24, 2.45) is 5.92 Å². The van der Waals surface area contributed by atoms with E-state index in [-0.39, 0.29) is 35.3 Å². The molecule has 0 saturated heterocycles. The van der Waals surface area contributed by atoms with Crippen LogP contribution >= 0.6 is 0 Å². The van der Waals surface area contributed by atoms with Crippen molar-refractivity contribution in [2.45, 2.75) is 82.1 Å². The minimum Gasteiger partial charge on any atom is -0.443 e. The first-order valence-electron chi connectivity index (χ1n) is 9.57. The van der Waals surface area contributed by atoms with Crippen molar-refractivity contribution in [3.8, 4) is 0 Å². The van der Waals surface area contributed by atoms with E-state index in [0.29, 0.717) is 12.2 Å². The maximum atomic E-state index is 12.3. The van der Waals surface area contributed by atoms with Crippen LogP contribution in [0.2, 0.25) is 0 Å². The highest BCUT2D eigenvalue weighted by Crippen LogP contribution is 2.57. The standard InChI is InChI=1S/C19H30N4O3/c1-18(2,3)23-16(20)7-13(22-23)12-5-14(25-4)15(6-12)26-17(24)21-19-8-11(9-19)10-19/h7,11-12,14-15H,5-6,8-10,20H2,1-4H3,(H,21,24)/t11?,12-,14+,15-,19?/m0/s1. The fourth-order valence-electron chi connectivity index (χ4n) is 4.74. The second-order valence-electron chi connectivity index (χ2n) is 9.35. The lowest BCUT2D eigenvalue weighted by atomic mass is 9.50. The number of ether oxygens (including phenoxy) is 2. The van der Waals surface area contributed by atoms with Crippen molar-refractivity contribution >= 4 is 11.9 Å². The molecule has 4 aliphatic carbocycles. The van der Waals surface area contributed by atoms with Crippen LogP contribution in [0, 0.1) is 5.92 Å². The van der Waals surface area contributed by atoms with E-state index in [2.05, 4.69) is 26.1 Å². The molecular weight excluding hydrogens is 332 g/mol. The molecule has 4 aliphatic rings. The van der Waals surface area contributed by atoms with Gasteiger partial charge in [-0.1, -0.05) is 0 Å². The van der Waals surface area contributed by atoms with Crippen molar-refractivity contribution in [1.82, 2.24) is 15.1 Å². The summed E-state index contributed by atoms with van der Waals surface area (Å²) in [5, 5.41) is 7.78. The van der Waals surface area contributed by atoms with E-state index in [1.54, 1.807) is 7.11 Å². The number of nitrogens with one attached hydrogen (secondary N) is 1. The van der Waals surface area contributed by atoms with Gasteiger partial charge in [0.25, 0.3) is 0 Å². The number of alkyl carbamates (subject to hydrolysis) is 1. The van der Waals surface area contributed by atoms with Gasteiger partial charge in [-0.3, -0.25) is 0 Å². The molecule has 0 aliphatic heterocycles. The van der Waals surface area contributed by atoms with E-state index in [1.807, 2.05) is 10.7 Å². The Morgan fingerprint density at radius 3 is 2.46 bits per heavy atom. The fraction of sp³-hybridized carbons (Fsp3) is 0.789. The van der Waals surface area contributed by atoms with Crippen LogP contribution in [0.5, 0.6) is 0 Å². The molecule has 0 spiro atoms. The van der Waals surface area contributed by atoms with Gasteiger partial charge in [0.2, 0.25) is 0 Å². The van der Waals surface area contributed by atoms with Gasteiger partial charge in [-0.05, 0) is 58.8 Å². The first-order valence-corrected chi connectivity index (χ1v) is 9.57. The topological polar surface area (TPSA) is 91.4 Å². The number of nitrogens with two attached hydrogens (primary N) is 1. The molecular formula is C19H30N4O3. The molecule has 1 heterocycles. The lowest BCUT2D eigenvalue weighted by Crippen LogP contribution is -2.68. The number of carbonyl (C=O) groups excluding carboxylic acids is 1. The van der Waals surface area contributed by atoms with Crippen molar-refractivity contribution in [1.29, 1.82) is 0 Å². The lowest BCUT2D eigenvalue weighted by Gasteiger charge is -2.61. The Hall–Kier alpha value is -1.76. The summed E-state index contributed by atoms with van der Waals surface area (Å²) >= 11 is 0. The predicted molar refractivity (Wildman–Crippen MR) is 97.9 cm³/mol. The number of hydrogen-bond acceptors (Lipinski definition) is 5. The highest BCUT2D eigenvalue weighted by atomic mass is 16.6. The normalized spacial score (nSPS) is 35.5. The monoisotopic (exact) mass is 362 g/mol. The highest BCUT2D eigenvalue weighted by Gasteiger charge is 2.58. The molecule has 1 amide bonds. The first-order chi connectivity index (χ1) is 12.2. The molecule has 26 heavy (non-hydrogen) atoms. The largest absolute Gasteiger partial charge is 0.443 e. The summed E-state index contributed by atoms with van der Waals surface area (Å²) in [5.41, 5.74) is 6.96. The molecule has 4 saturated carbocycles. The van der Waals surface area contributed by atoms with E-state index in [1.165, 1.54) is 0 Å². The van der Waals surface area contributed by atoms with Crippen LogP contribution < -0.4 is 11.1 Å². The van der Waals surface area contributed by atoms with Crippen molar-refractivity contribution in [3.05, 3.63) is 11.8 Å². The minimum absolute atomic E-state index is 0.0300. The van der Waals surface area contributed by atoms with Gasteiger partial charge in [0.05, 0.1) is 17.3 Å². The van der Waals surface area contributed by atoms with Crippen molar-refractivity contribution < 1.29 is 14.3 Å². The number of amides is 1. The highest BCUT2D eigenvalue weighted by molar-refractivity contribution is 5.69. The molecule has 1 aromatic heterocycles. The molecule has 0 aromatic carbocycles. The summed E-state index contributed by atoms with van der Waals surface area (Å²) in [6, 6.07) is 1.94. The third-order valence-electron chi connectivity index (χ3n) is 6.22. The number of nitrogens with zero attached hydrogens (tertiary/aromatic N) is 2. The van der Waals surface area contributed by atoms with Gasteiger partial charge >= 0.3 is 6.09 Å². The van der Waals surface area contributed by atoms with Crippen molar-refractivity contribution in [2.75, 3.05) is 12.8 Å². The smallest absolute Gasteiger partial charge is 0.407 e. The molecule has 3 N–H and O–H groups in total. The Labute approximate surface area is 154 Å². The van der Waals surface area contributed by atoms with Gasteiger partial charge in [-0.2, -0.15) is 5.10 Å². The van der Waals surface area contributed by atoms with Crippen molar-refractivity contribution in [3.63, 3.8) is 0 Å². The molecule has 3 atom stereocenters. The number of rotatable bonds is 4. The molecule has 1 aromatic rings. The maximum Gasteiger partial charge on any atom is 0.407 e. The third kappa shape index (κ3) is 2.96.